The summed E-state index contributed by atoms with van der Waals surface area (Å²) in [5, 5.41) is 0. The predicted octanol–water partition coefficient (Wildman–Crippen LogP) is 4.20. The molecule has 0 amide bonds. The van der Waals surface area contributed by atoms with Crippen LogP contribution in [0.2, 0.25) is 0 Å². The third kappa shape index (κ3) is 2.78. The quantitative estimate of drug-likeness (QED) is 0.741. The van der Waals surface area contributed by atoms with Gasteiger partial charge < -0.3 is 0 Å². The third-order valence-electron chi connectivity index (χ3n) is 2.59. The van der Waals surface area contributed by atoms with E-state index in [9.17, 15) is 8.78 Å². The third-order valence-corrected chi connectivity index (χ3v) is 2.59. The highest BCUT2D eigenvalue weighted by Gasteiger charge is 2.04. The molecule has 2 rings (SSSR count). The first-order valence-corrected chi connectivity index (χ1v) is 5.34. The van der Waals surface area contributed by atoms with Gasteiger partial charge in [-0.25, -0.2) is 8.78 Å². The monoisotopic (exact) mass is 230 g/mol. The van der Waals surface area contributed by atoms with E-state index in [1.54, 1.807) is 6.08 Å². The highest BCUT2D eigenvalue weighted by atomic mass is 19.1. The van der Waals surface area contributed by atoms with Crippen LogP contribution in [-0.4, -0.2) is 0 Å². The van der Waals surface area contributed by atoms with Crippen LogP contribution in [0.15, 0.2) is 49.0 Å². The maximum absolute atomic E-state index is 13.1. The van der Waals surface area contributed by atoms with Gasteiger partial charge in [0.05, 0.1) is 0 Å². The van der Waals surface area contributed by atoms with Gasteiger partial charge in [-0.3, -0.25) is 0 Å². The van der Waals surface area contributed by atoms with E-state index in [-0.39, 0.29) is 0 Å². The molecule has 0 N–H and O–H groups in total. The molecule has 2 aromatic rings. The molecule has 0 heterocycles. The van der Waals surface area contributed by atoms with Gasteiger partial charge >= 0.3 is 0 Å². The van der Waals surface area contributed by atoms with Crippen molar-refractivity contribution in [3.05, 3.63) is 77.4 Å². The summed E-state index contributed by atoms with van der Waals surface area (Å²) in [6.07, 6.45) is 2.24. The van der Waals surface area contributed by atoms with Gasteiger partial charge in [-0.05, 0) is 35.2 Å². The van der Waals surface area contributed by atoms with Gasteiger partial charge in [-0.15, -0.1) is 0 Å². The minimum Gasteiger partial charge on any atom is -0.207 e. The Morgan fingerprint density at radius 2 is 1.65 bits per heavy atom. The number of halogens is 2. The first-order chi connectivity index (χ1) is 8.19. The minimum atomic E-state index is -0.545. The molecule has 0 saturated heterocycles. The fourth-order valence-electron chi connectivity index (χ4n) is 1.83. The molecule has 0 aliphatic carbocycles. The molecule has 86 valence electrons. The van der Waals surface area contributed by atoms with Crippen LogP contribution >= 0.6 is 0 Å². The van der Waals surface area contributed by atoms with E-state index in [2.05, 4.69) is 6.58 Å². The van der Waals surface area contributed by atoms with E-state index in [0.29, 0.717) is 12.0 Å². The summed E-state index contributed by atoms with van der Waals surface area (Å²) in [6.45, 7) is 3.72. The molecule has 0 bridgehead atoms. The molecule has 0 fully saturated rings. The molecular formula is C15H12F2. The van der Waals surface area contributed by atoms with Crippen molar-refractivity contribution in [2.24, 2.45) is 0 Å². The summed E-state index contributed by atoms with van der Waals surface area (Å²) in [5.74, 6) is -1.09. The van der Waals surface area contributed by atoms with Crippen LogP contribution < -0.4 is 0 Å². The highest BCUT2D eigenvalue weighted by Crippen LogP contribution is 2.17. The zero-order valence-electron chi connectivity index (χ0n) is 9.29. The summed E-state index contributed by atoms with van der Waals surface area (Å²) in [5.41, 5.74) is 2.61. The minimum absolute atomic E-state index is 0.497. The first kappa shape index (κ1) is 11.5. The van der Waals surface area contributed by atoms with Crippen LogP contribution in [0.3, 0.4) is 0 Å². The lowest BCUT2D eigenvalue weighted by molar-refractivity contribution is 0.580. The van der Waals surface area contributed by atoms with Gasteiger partial charge in [0, 0.05) is 6.07 Å². The van der Waals surface area contributed by atoms with E-state index < -0.39 is 11.6 Å². The van der Waals surface area contributed by atoms with Gasteiger partial charge in [0.25, 0.3) is 0 Å². The average molecular weight is 230 g/mol. The summed E-state index contributed by atoms with van der Waals surface area (Å²) in [7, 11) is 0. The van der Waals surface area contributed by atoms with Crippen molar-refractivity contribution < 1.29 is 8.78 Å². The summed E-state index contributed by atoms with van der Waals surface area (Å²) < 4.78 is 26.1. The van der Waals surface area contributed by atoms with Crippen molar-refractivity contribution in [1.29, 1.82) is 0 Å². The molecule has 0 atom stereocenters. The second kappa shape index (κ2) is 4.91. The lowest BCUT2D eigenvalue weighted by atomic mass is 10.00. The number of benzene rings is 2. The van der Waals surface area contributed by atoms with Crippen molar-refractivity contribution in [2.45, 2.75) is 6.42 Å². The molecule has 0 aromatic heterocycles. The summed E-state index contributed by atoms with van der Waals surface area (Å²) in [6, 6.07) is 11.2. The lowest BCUT2D eigenvalue weighted by Gasteiger charge is -2.06. The fourth-order valence-corrected chi connectivity index (χ4v) is 1.83. The number of hydrogen-bond donors (Lipinski definition) is 0. The van der Waals surface area contributed by atoms with Crippen LogP contribution in [0.25, 0.3) is 6.08 Å². The zero-order valence-corrected chi connectivity index (χ0v) is 9.29. The molecule has 2 aromatic carbocycles. The normalized spacial score (nSPS) is 10.2. The standard InChI is InChI=1S/C15H12F2/c1-2-12-5-3-4-6-13(12)7-11-8-14(16)10-15(17)9-11/h2-6,8-10H,1,7H2. The van der Waals surface area contributed by atoms with Gasteiger partial charge in [-0.1, -0.05) is 36.9 Å². The Labute approximate surface area is 99.2 Å². The van der Waals surface area contributed by atoms with Crippen molar-refractivity contribution in [2.75, 3.05) is 0 Å². The van der Waals surface area contributed by atoms with E-state index >= 15 is 0 Å². The number of hydrogen-bond acceptors (Lipinski definition) is 0. The number of rotatable bonds is 3. The topological polar surface area (TPSA) is 0 Å². The van der Waals surface area contributed by atoms with Crippen molar-refractivity contribution in [3.8, 4) is 0 Å². The maximum Gasteiger partial charge on any atom is 0.126 e. The van der Waals surface area contributed by atoms with Gasteiger partial charge in [0.2, 0.25) is 0 Å². The smallest absolute Gasteiger partial charge is 0.126 e. The van der Waals surface area contributed by atoms with Crippen molar-refractivity contribution in [1.82, 2.24) is 0 Å². The molecule has 0 nitrogen and oxygen atoms in total. The Bertz CT molecular complexity index is 524. The second-order valence-corrected chi connectivity index (χ2v) is 3.86. The molecule has 17 heavy (non-hydrogen) atoms. The zero-order chi connectivity index (χ0) is 12.3. The Balaban J connectivity index is 2.34. The molecule has 0 unspecified atom stereocenters. The Morgan fingerprint density at radius 1 is 1.00 bits per heavy atom. The molecule has 0 aliphatic rings. The molecule has 2 heteroatoms. The van der Waals surface area contributed by atoms with Gasteiger partial charge in [-0.2, -0.15) is 0 Å². The molecule has 0 aliphatic heterocycles. The van der Waals surface area contributed by atoms with E-state index in [4.69, 9.17) is 0 Å². The van der Waals surface area contributed by atoms with Crippen molar-refractivity contribution in [3.63, 3.8) is 0 Å². The largest absolute Gasteiger partial charge is 0.207 e. The molecule has 0 saturated carbocycles. The highest BCUT2D eigenvalue weighted by molar-refractivity contribution is 5.52. The predicted molar refractivity (Wildman–Crippen MR) is 65.7 cm³/mol. The average Bonchev–Trinajstić information content (AvgIpc) is 2.28. The van der Waals surface area contributed by atoms with E-state index in [1.165, 1.54) is 12.1 Å². The summed E-state index contributed by atoms with van der Waals surface area (Å²) >= 11 is 0. The second-order valence-electron chi connectivity index (χ2n) is 3.86. The van der Waals surface area contributed by atoms with Gasteiger partial charge in [0.1, 0.15) is 11.6 Å². The van der Waals surface area contributed by atoms with Crippen LogP contribution in [0.1, 0.15) is 16.7 Å². The van der Waals surface area contributed by atoms with E-state index in [1.807, 2.05) is 24.3 Å². The van der Waals surface area contributed by atoms with Crippen molar-refractivity contribution >= 4 is 6.08 Å². The van der Waals surface area contributed by atoms with Crippen LogP contribution in [0.4, 0.5) is 8.78 Å². The Hall–Kier alpha value is -1.96. The fraction of sp³-hybridized carbons (Fsp3) is 0.0667. The summed E-state index contributed by atoms with van der Waals surface area (Å²) in [4.78, 5) is 0. The lowest BCUT2D eigenvalue weighted by Crippen LogP contribution is -1.93. The molecule has 0 spiro atoms. The van der Waals surface area contributed by atoms with Crippen LogP contribution in [0, 0.1) is 11.6 Å². The Morgan fingerprint density at radius 3 is 2.29 bits per heavy atom. The SMILES string of the molecule is C=Cc1ccccc1Cc1cc(F)cc(F)c1. The maximum atomic E-state index is 13.1. The van der Waals surface area contributed by atoms with Crippen LogP contribution in [0.5, 0.6) is 0 Å². The van der Waals surface area contributed by atoms with Gasteiger partial charge in [0.15, 0.2) is 0 Å². The van der Waals surface area contributed by atoms with E-state index in [0.717, 1.165) is 17.2 Å². The Kier molecular flexibility index (Phi) is 3.33. The molecule has 0 radical (unpaired) electrons. The van der Waals surface area contributed by atoms with Crippen LogP contribution in [-0.2, 0) is 6.42 Å². The molecular weight excluding hydrogens is 218 g/mol. The first-order valence-electron chi connectivity index (χ1n) is 5.34.